The minimum atomic E-state index is -3.80. The molecule has 0 fully saturated rings. The number of hydrogen-bond acceptors (Lipinski definition) is 6. The van der Waals surface area contributed by atoms with Gasteiger partial charge in [0.25, 0.3) is 20.2 Å². The smallest absolute Gasteiger partial charge is 0.264 e. The van der Waals surface area contributed by atoms with Crippen LogP contribution in [0.1, 0.15) is 13.3 Å². The summed E-state index contributed by atoms with van der Waals surface area (Å²) in [7, 11) is -7.47. The summed E-state index contributed by atoms with van der Waals surface area (Å²) in [6, 6.07) is 0. The van der Waals surface area contributed by atoms with E-state index in [1.807, 2.05) is 17.3 Å². The summed E-state index contributed by atoms with van der Waals surface area (Å²) >= 11 is 0. The van der Waals surface area contributed by atoms with E-state index >= 15 is 0 Å². The summed E-state index contributed by atoms with van der Waals surface area (Å²) < 4.78 is 55.3. The third kappa shape index (κ3) is 13.4. The molecule has 0 spiro atoms. The minimum absolute atomic E-state index is 0.163. The first kappa shape index (κ1) is 18.2. The molecule has 0 aromatic carbocycles. The van der Waals surface area contributed by atoms with Crippen LogP contribution in [0.25, 0.3) is 0 Å². The molecule has 114 valence electrons. The lowest BCUT2D eigenvalue weighted by Gasteiger charge is -2.19. The zero-order chi connectivity index (χ0) is 15.1. The molecular weight excluding hydrogens is 296 g/mol. The Morgan fingerprint density at radius 2 is 1.58 bits per heavy atom. The van der Waals surface area contributed by atoms with Crippen LogP contribution in [0.15, 0.2) is 12.4 Å². The highest BCUT2D eigenvalue weighted by molar-refractivity contribution is 7.85. The van der Waals surface area contributed by atoms with Crippen molar-refractivity contribution in [1.82, 2.24) is 9.80 Å². The Kier molecular flexibility index (Phi) is 7.34. The number of hydrogen-bond donors (Lipinski definition) is 2. The molecule has 10 heteroatoms. The molecule has 8 nitrogen and oxygen atoms in total. The van der Waals surface area contributed by atoms with Gasteiger partial charge in [0.15, 0.2) is 0 Å². The van der Waals surface area contributed by atoms with Crippen LogP contribution in [0.4, 0.5) is 0 Å². The largest absolute Gasteiger partial charge is 0.359 e. The topological polar surface area (TPSA) is 115 Å². The quantitative estimate of drug-likeness (QED) is 0.672. The average Bonchev–Trinajstić information content (AvgIpc) is 2.61. The van der Waals surface area contributed by atoms with Crippen LogP contribution in [0.3, 0.4) is 0 Å². The maximum atomic E-state index is 10.4. The van der Waals surface area contributed by atoms with Gasteiger partial charge in [-0.3, -0.25) is 9.11 Å². The van der Waals surface area contributed by atoms with Crippen LogP contribution >= 0.6 is 0 Å². The molecule has 0 aromatic rings. The van der Waals surface area contributed by atoms with E-state index < -0.39 is 20.2 Å². The molecule has 1 rings (SSSR count). The van der Waals surface area contributed by atoms with Gasteiger partial charge in [0, 0.05) is 25.5 Å². The van der Waals surface area contributed by atoms with Crippen molar-refractivity contribution in [2.75, 3.05) is 31.8 Å². The second-order valence-electron chi connectivity index (χ2n) is 4.03. The van der Waals surface area contributed by atoms with E-state index in [4.69, 9.17) is 9.11 Å². The van der Waals surface area contributed by atoms with Crippen LogP contribution in [0.2, 0.25) is 0 Å². The summed E-state index contributed by atoms with van der Waals surface area (Å²) in [5.41, 5.74) is 0. The Balaban J connectivity index is 0.000000555. The van der Waals surface area contributed by atoms with E-state index in [-0.39, 0.29) is 5.75 Å². The predicted molar refractivity (Wildman–Crippen MR) is 71.6 cm³/mol. The second-order valence-corrected chi connectivity index (χ2v) is 7.07. The van der Waals surface area contributed by atoms with Gasteiger partial charge in [-0.2, -0.15) is 16.8 Å². The molecule has 0 aromatic heterocycles. The van der Waals surface area contributed by atoms with Gasteiger partial charge >= 0.3 is 0 Å². The molecule has 0 atom stereocenters. The minimum Gasteiger partial charge on any atom is -0.359 e. The van der Waals surface area contributed by atoms with Gasteiger partial charge in [-0.25, -0.2) is 0 Å². The van der Waals surface area contributed by atoms with Gasteiger partial charge in [0.2, 0.25) is 0 Å². The first-order valence-electron chi connectivity index (χ1n) is 5.55. The van der Waals surface area contributed by atoms with Crippen LogP contribution < -0.4 is 0 Å². The van der Waals surface area contributed by atoms with Crippen molar-refractivity contribution in [2.24, 2.45) is 0 Å². The van der Waals surface area contributed by atoms with Crippen LogP contribution in [0.5, 0.6) is 0 Å². The Morgan fingerprint density at radius 1 is 1.11 bits per heavy atom. The summed E-state index contributed by atoms with van der Waals surface area (Å²) in [4.78, 5) is 4.14. The highest BCUT2D eigenvalue weighted by Crippen LogP contribution is 2.06. The molecule has 0 aliphatic carbocycles. The van der Waals surface area contributed by atoms with Crippen molar-refractivity contribution >= 4 is 20.2 Å². The highest BCUT2D eigenvalue weighted by Gasteiger charge is 2.11. The lowest BCUT2D eigenvalue weighted by Crippen LogP contribution is -2.26. The zero-order valence-electron chi connectivity index (χ0n) is 10.9. The van der Waals surface area contributed by atoms with E-state index in [9.17, 15) is 16.8 Å². The summed E-state index contributed by atoms with van der Waals surface area (Å²) in [5.74, 6) is -0.163. The molecule has 19 heavy (non-hydrogen) atoms. The van der Waals surface area contributed by atoms with Crippen molar-refractivity contribution in [3.63, 3.8) is 0 Å². The van der Waals surface area contributed by atoms with Gasteiger partial charge in [-0.15, -0.1) is 0 Å². The van der Waals surface area contributed by atoms with E-state index in [0.717, 1.165) is 13.2 Å². The third-order valence-corrected chi connectivity index (χ3v) is 2.91. The fraction of sp³-hybridized carbons (Fsp3) is 0.778. The maximum absolute atomic E-state index is 10.4. The first-order valence-corrected chi connectivity index (χ1v) is 9.01. The Bertz CT molecular complexity index is 477. The average molecular weight is 316 g/mol. The molecule has 2 N–H and O–H groups in total. The summed E-state index contributed by atoms with van der Waals surface area (Å²) in [6.45, 7) is 4.48. The number of rotatable bonds is 5. The molecule has 0 bridgehead atoms. The van der Waals surface area contributed by atoms with Crippen LogP contribution in [0, 0.1) is 0 Å². The monoisotopic (exact) mass is 316 g/mol. The summed E-state index contributed by atoms with van der Waals surface area (Å²) in [5, 5.41) is 0. The van der Waals surface area contributed by atoms with Crippen LogP contribution in [-0.2, 0) is 20.2 Å². The van der Waals surface area contributed by atoms with Gasteiger partial charge in [-0.1, -0.05) is 0 Å². The molecule has 0 radical (unpaired) electrons. The Labute approximate surface area is 114 Å². The third-order valence-electron chi connectivity index (χ3n) is 2.11. The fourth-order valence-electron chi connectivity index (χ4n) is 1.32. The first-order chi connectivity index (χ1) is 8.51. The van der Waals surface area contributed by atoms with E-state index in [1.54, 1.807) is 0 Å². The molecule has 0 amide bonds. The second kappa shape index (κ2) is 7.68. The molecular formula is C9H20N2O6S2. The van der Waals surface area contributed by atoms with E-state index in [0.29, 0.717) is 19.2 Å². The van der Waals surface area contributed by atoms with Crippen molar-refractivity contribution in [1.29, 1.82) is 0 Å². The van der Waals surface area contributed by atoms with E-state index in [1.165, 1.54) is 0 Å². The molecule has 1 aliphatic rings. The molecule has 0 saturated carbocycles. The Morgan fingerprint density at radius 3 is 1.95 bits per heavy atom. The van der Waals surface area contributed by atoms with Gasteiger partial charge in [0.1, 0.15) is 0 Å². The maximum Gasteiger partial charge on any atom is 0.264 e. The van der Waals surface area contributed by atoms with Gasteiger partial charge < -0.3 is 9.80 Å². The molecule has 0 saturated heterocycles. The van der Waals surface area contributed by atoms with Gasteiger partial charge in [-0.05, 0) is 13.3 Å². The molecule has 0 unspecified atom stereocenters. The van der Waals surface area contributed by atoms with Crippen molar-refractivity contribution in [2.45, 2.75) is 13.3 Å². The normalized spacial score (nSPS) is 15.4. The zero-order valence-corrected chi connectivity index (χ0v) is 12.6. The number of nitrogens with zero attached hydrogens (tertiary/aromatic N) is 2. The van der Waals surface area contributed by atoms with Gasteiger partial charge in [0.05, 0.1) is 18.7 Å². The lowest BCUT2D eigenvalue weighted by molar-refractivity contribution is 0.273. The van der Waals surface area contributed by atoms with Crippen molar-refractivity contribution in [3.05, 3.63) is 12.4 Å². The lowest BCUT2D eigenvalue weighted by atomic mass is 10.4. The Hall–Kier alpha value is -0.840. The van der Waals surface area contributed by atoms with Crippen molar-refractivity contribution < 1.29 is 25.9 Å². The molecule has 1 aliphatic heterocycles. The molecule has 1 heterocycles. The SMILES string of the molecule is CCN1C=CN(CCCS(=O)(=O)O)C1.CS(=O)(=O)O. The van der Waals surface area contributed by atoms with Crippen molar-refractivity contribution in [3.8, 4) is 0 Å². The fourth-order valence-corrected chi connectivity index (χ4v) is 1.81. The predicted octanol–water partition coefficient (Wildman–Crippen LogP) is -0.165. The van der Waals surface area contributed by atoms with E-state index in [2.05, 4.69) is 11.8 Å². The highest BCUT2D eigenvalue weighted by atomic mass is 32.2. The van der Waals surface area contributed by atoms with Crippen LogP contribution in [-0.4, -0.2) is 67.5 Å². The summed E-state index contributed by atoms with van der Waals surface area (Å²) in [6.07, 6.45) is 5.09. The standard InChI is InChI=1S/C8H16N2O3S.CH4O3S/c1-2-9-5-6-10(8-9)4-3-7-14(11,12)13;1-5(2,3)4/h5-6H,2-4,7-8H2,1H3,(H,11,12,13);1H3,(H,2,3,4).